The van der Waals surface area contributed by atoms with Crippen LogP contribution in [0.15, 0.2) is 12.2 Å². The lowest BCUT2D eigenvalue weighted by atomic mass is 9.96. The van der Waals surface area contributed by atoms with Crippen LogP contribution in [0.25, 0.3) is 0 Å². The molecule has 3 heteroatoms. The van der Waals surface area contributed by atoms with Crippen LogP contribution < -0.4 is 0 Å². The SMILES string of the molecule is C=C(C)C1CC1(C(C)=O)C(=O)OCC. The van der Waals surface area contributed by atoms with Gasteiger partial charge in [-0.05, 0) is 27.2 Å². The molecule has 1 aliphatic rings. The van der Waals surface area contributed by atoms with Gasteiger partial charge in [0.25, 0.3) is 0 Å². The maximum Gasteiger partial charge on any atom is 0.320 e. The van der Waals surface area contributed by atoms with Crippen molar-refractivity contribution in [1.82, 2.24) is 0 Å². The van der Waals surface area contributed by atoms with E-state index in [4.69, 9.17) is 4.74 Å². The van der Waals surface area contributed by atoms with Crippen LogP contribution in [0.4, 0.5) is 0 Å². The summed E-state index contributed by atoms with van der Waals surface area (Å²) in [5.41, 5.74) is -0.0183. The second kappa shape index (κ2) is 3.56. The van der Waals surface area contributed by atoms with Crippen LogP contribution in [0.1, 0.15) is 27.2 Å². The van der Waals surface area contributed by atoms with E-state index in [2.05, 4.69) is 6.58 Å². The van der Waals surface area contributed by atoms with Gasteiger partial charge in [-0.1, -0.05) is 12.2 Å². The molecule has 1 fully saturated rings. The molecule has 0 aromatic carbocycles. The Morgan fingerprint density at radius 1 is 1.50 bits per heavy atom. The van der Waals surface area contributed by atoms with E-state index >= 15 is 0 Å². The fourth-order valence-corrected chi connectivity index (χ4v) is 1.88. The van der Waals surface area contributed by atoms with E-state index in [0.717, 1.165) is 5.57 Å². The lowest BCUT2D eigenvalue weighted by Gasteiger charge is -2.12. The molecule has 0 aromatic heterocycles. The van der Waals surface area contributed by atoms with Gasteiger partial charge in [-0.25, -0.2) is 0 Å². The van der Waals surface area contributed by atoms with Gasteiger partial charge >= 0.3 is 5.97 Å². The molecule has 0 radical (unpaired) electrons. The van der Waals surface area contributed by atoms with Crippen molar-refractivity contribution < 1.29 is 14.3 Å². The van der Waals surface area contributed by atoms with E-state index in [1.54, 1.807) is 6.92 Å². The van der Waals surface area contributed by atoms with Gasteiger partial charge in [-0.2, -0.15) is 0 Å². The van der Waals surface area contributed by atoms with Crippen molar-refractivity contribution in [3.8, 4) is 0 Å². The summed E-state index contributed by atoms with van der Waals surface area (Å²) in [6.45, 7) is 9.12. The van der Waals surface area contributed by atoms with Gasteiger partial charge in [0.1, 0.15) is 11.2 Å². The van der Waals surface area contributed by atoms with Crippen LogP contribution in [-0.4, -0.2) is 18.4 Å². The summed E-state index contributed by atoms with van der Waals surface area (Å²) in [5, 5.41) is 0. The highest BCUT2D eigenvalue weighted by Gasteiger charge is 2.65. The molecule has 0 heterocycles. The number of carbonyl (C=O) groups excluding carboxylic acids is 2. The van der Waals surface area contributed by atoms with Crippen LogP contribution in [0.2, 0.25) is 0 Å². The molecule has 0 saturated heterocycles. The normalized spacial score (nSPS) is 29.5. The first-order valence-corrected chi connectivity index (χ1v) is 4.80. The first kappa shape index (κ1) is 11.0. The van der Waals surface area contributed by atoms with Crippen molar-refractivity contribution >= 4 is 11.8 Å². The zero-order valence-electron chi connectivity index (χ0n) is 8.92. The third-order valence-corrected chi connectivity index (χ3v) is 2.82. The Bertz CT molecular complexity index is 293. The lowest BCUT2D eigenvalue weighted by Crippen LogP contribution is -2.28. The van der Waals surface area contributed by atoms with E-state index in [1.165, 1.54) is 6.92 Å². The fraction of sp³-hybridized carbons (Fsp3) is 0.636. The second-order valence-corrected chi connectivity index (χ2v) is 3.85. The average molecular weight is 196 g/mol. The summed E-state index contributed by atoms with van der Waals surface area (Å²) < 4.78 is 4.91. The molecule has 0 spiro atoms. The number of carbonyl (C=O) groups is 2. The fourth-order valence-electron chi connectivity index (χ4n) is 1.88. The molecule has 1 rings (SSSR count). The molecular weight excluding hydrogens is 180 g/mol. The molecule has 78 valence electrons. The van der Waals surface area contributed by atoms with Crippen LogP contribution in [0.5, 0.6) is 0 Å². The summed E-state index contributed by atoms with van der Waals surface area (Å²) in [6, 6.07) is 0. The highest BCUT2D eigenvalue weighted by atomic mass is 16.5. The summed E-state index contributed by atoms with van der Waals surface area (Å²) in [5.74, 6) is -0.511. The monoisotopic (exact) mass is 196 g/mol. The minimum atomic E-state index is -0.901. The van der Waals surface area contributed by atoms with Crippen molar-refractivity contribution in [3.63, 3.8) is 0 Å². The number of hydrogen-bond acceptors (Lipinski definition) is 3. The van der Waals surface area contributed by atoms with Crippen molar-refractivity contribution in [2.45, 2.75) is 27.2 Å². The Kier molecular flexibility index (Phi) is 2.79. The molecule has 3 nitrogen and oxygen atoms in total. The van der Waals surface area contributed by atoms with E-state index in [9.17, 15) is 9.59 Å². The van der Waals surface area contributed by atoms with Gasteiger partial charge in [-0.3, -0.25) is 9.59 Å². The number of ether oxygens (including phenoxy) is 1. The van der Waals surface area contributed by atoms with Crippen molar-refractivity contribution in [2.75, 3.05) is 6.61 Å². The van der Waals surface area contributed by atoms with Crippen molar-refractivity contribution in [3.05, 3.63) is 12.2 Å². The summed E-state index contributed by atoms with van der Waals surface area (Å²) >= 11 is 0. The van der Waals surface area contributed by atoms with Crippen molar-refractivity contribution in [1.29, 1.82) is 0 Å². The van der Waals surface area contributed by atoms with E-state index in [-0.39, 0.29) is 17.7 Å². The van der Waals surface area contributed by atoms with Crippen LogP contribution >= 0.6 is 0 Å². The van der Waals surface area contributed by atoms with Gasteiger partial charge in [-0.15, -0.1) is 0 Å². The summed E-state index contributed by atoms with van der Waals surface area (Å²) in [7, 11) is 0. The number of ketones is 1. The smallest absolute Gasteiger partial charge is 0.320 e. The average Bonchev–Trinajstić information content (AvgIpc) is 2.79. The van der Waals surface area contributed by atoms with Crippen LogP contribution in [0.3, 0.4) is 0 Å². The molecule has 0 aromatic rings. The largest absolute Gasteiger partial charge is 0.465 e. The minimum absolute atomic E-state index is 0.0148. The molecule has 0 amide bonds. The molecular formula is C11H16O3. The van der Waals surface area contributed by atoms with Crippen LogP contribution in [-0.2, 0) is 14.3 Å². The number of hydrogen-bond donors (Lipinski definition) is 0. The molecule has 0 aliphatic heterocycles. The Morgan fingerprint density at radius 3 is 2.36 bits per heavy atom. The van der Waals surface area contributed by atoms with Gasteiger partial charge in [0.15, 0.2) is 0 Å². The van der Waals surface area contributed by atoms with Gasteiger partial charge in [0.05, 0.1) is 6.61 Å². The Balaban J connectivity index is 2.83. The maximum absolute atomic E-state index is 11.6. The Hall–Kier alpha value is -1.12. The predicted molar refractivity (Wildman–Crippen MR) is 52.7 cm³/mol. The molecule has 1 saturated carbocycles. The first-order valence-electron chi connectivity index (χ1n) is 4.80. The Labute approximate surface area is 84.1 Å². The third-order valence-electron chi connectivity index (χ3n) is 2.82. The molecule has 0 N–H and O–H groups in total. The standard InChI is InChI=1S/C11H16O3/c1-5-14-10(13)11(8(4)12)6-9(11)7(2)3/h9H,2,5-6H2,1,3-4H3. The number of allylic oxidation sites excluding steroid dienone is 1. The highest BCUT2D eigenvalue weighted by Crippen LogP contribution is 2.57. The third kappa shape index (κ3) is 1.47. The predicted octanol–water partition coefficient (Wildman–Crippen LogP) is 1.72. The van der Waals surface area contributed by atoms with E-state index < -0.39 is 5.41 Å². The molecule has 0 bridgehead atoms. The molecule has 2 atom stereocenters. The highest BCUT2D eigenvalue weighted by molar-refractivity contribution is 6.06. The number of rotatable bonds is 4. The second-order valence-electron chi connectivity index (χ2n) is 3.85. The minimum Gasteiger partial charge on any atom is -0.465 e. The zero-order chi connectivity index (χ0) is 10.9. The van der Waals surface area contributed by atoms with E-state index in [1.807, 2.05) is 6.92 Å². The quantitative estimate of drug-likeness (QED) is 0.390. The van der Waals surface area contributed by atoms with Crippen molar-refractivity contribution in [2.24, 2.45) is 11.3 Å². The molecule has 2 unspecified atom stereocenters. The number of Topliss-reactive ketones (excluding diaryl/α,β-unsaturated/α-hetero) is 1. The Morgan fingerprint density at radius 2 is 2.07 bits per heavy atom. The van der Waals surface area contributed by atoms with Gasteiger partial charge in [0, 0.05) is 5.92 Å². The maximum atomic E-state index is 11.6. The zero-order valence-corrected chi connectivity index (χ0v) is 8.92. The molecule has 14 heavy (non-hydrogen) atoms. The first-order chi connectivity index (χ1) is 6.46. The van der Waals surface area contributed by atoms with Gasteiger partial charge < -0.3 is 4.74 Å². The topological polar surface area (TPSA) is 43.4 Å². The lowest BCUT2D eigenvalue weighted by molar-refractivity contribution is -0.153. The summed E-state index contributed by atoms with van der Waals surface area (Å²) in [4.78, 5) is 23.0. The number of esters is 1. The summed E-state index contributed by atoms with van der Waals surface area (Å²) in [6.07, 6.45) is 0.566. The van der Waals surface area contributed by atoms with Gasteiger partial charge in [0.2, 0.25) is 0 Å². The molecule has 1 aliphatic carbocycles. The van der Waals surface area contributed by atoms with Crippen LogP contribution in [0, 0.1) is 11.3 Å². The van der Waals surface area contributed by atoms with E-state index in [0.29, 0.717) is 13.0 Å².